The fourth-order valence-corrected chi connectivity index (χ4v) is 4.23. The molecular weight excluding hydrogens is 395 g/mol. The average Bonchev–Trinajstić information content (AvgIpc) is 3.32. The van der Waals surface area contributed by atoms with Gasteiger partial charge in [0.2, 0.25) is 0 Å². The number of hydrogen-bond donors (Lipinski definition) is 2. The smallest absolute Gasteiger partial charge is 0.434 e. The quantitative estimate of drug-likeness (QED) is 0.774. The Balaban J connectivity index is 1.85. The summed E-state index contributed by atoms with van der Waals surface area (Å²) in [5.74, 6) is -2.50. The largest absolute Gasteiger partial charge is 0.506 e. The Labute approximate surface area is 158 Å². The van der Waals surface area contributed by atoms with Gasteiger partial charge in [0.05, 0.1) is 18.5 Å². The second kappa shape index (κ2) is 6.19. The van der Waals surface area contributed by atoms with Crippen molar-refractivity contribution in [2.45, 2.75) is 18.8 Å². The number of rotatable bonds is 3. The van der Waals surface area contributed by atoms with Crippen LogP contribution in [0.4, 0.5) is 14.9 Å². The minimum Gasteiger partial charge on any atom is -0.506 e. The summed E-state index contributed by atoms with van der Waals surface area (Å²) in [5, 5.41) is 14.1. The Morgan fingerprint density at radius 1 is 1.39 bits per heavy atom. The standard InChI is InChI=1S/C16H15FN4O6S/c1-27-16(24)21-11(8-2-3-8)6-10(18-21)9-4-5-12(22)15(14(9)17)20-7-13(23)19-28(20,25)26/h4-6,8,22H,2-3,7H2,1H3,(H,19,23). The molecule has 148 valence electrons. The third kappa shape index (κ3) is 2.85. The van der Waals surface area contributed by atoms with Gasteiger partial charge in [-0.05, 0) is 31.0 Å². The number of phenols is 1. The predicted molar refractivity (Wildman–Crippen MR) is 93.5 cm³/mol. The third-order valence-corrected chi connectivity index (χ3v) is 5.90. The lowest BCUT2D eigenvalue weighted by Gasteiger charge is -2.18. The van der Waals surface area contributed by atoms with E-state index >= 15 is 4.39 Å². The lowest BCUT2D eigenvalue weighted by atomic mass is 10.1. The number of aromatic hydroxyl groups is 1. The highest BCUT2D eigenvalue weighted by Gasteiger charge is 2.38. The van der Waals surface area contributed by atoms with Crippen LogP contribution >= 0.6 is 0 Å². The van der Waals surface area contributed by atoms with E-state index in [0.29, 0.717) is 10.00 Å². The highest BCUT2D eigenvalue weighted by Crippen LogP contribution is 2.43. The molecule has 0 atom stereocenters. The second-order valence-electron chi connectivity index (χ2n) is 6.44. The normalized spacial score (nSPS) is 18.2. The minimum absolute atomic E-state index is 0.0712. The van der Waals surface area contributed by atoms with Crippen LogP contribution in [-0.4, -0.2) is 49.0 Å². The maximum absolute atomic E-state index is 15.2. The van der Waals surface area contributed by atoms with Crippen LogP contribution in [0.3, 0.4) is 0 Å². The lowest BCUT2D eigenvalue weighted by Crippen LogP contribution is -2.30. The summed E-state index contributed by atoms with van der Waals surface area (Å²) in [5.41, 5.74) is -0.174. The maximum atomic E-state index is 15.2. The van der Waals surface area contributed by atoms with Gasteiger partial charge in [0.1, 0.15) is 18.0 Å². The van der Waals surface area contributed by atoms with E-state index in [1.807, 2.05) is 0 Å². The van der Waals surface area contributed by atoms with Crippen molar-refractivity contribution in [1.29, 1.82) is 0 Å². The van der Waals surface area contributed by atoms with Crippen LogP contribution in [0, 0.1) is 5.82 Å². The first-order valence-electron chi connectivity index (χ1n) is 8.26. The third-order valence-electron chi connectivity index (χ3n) is 4.52. The van der Waals surface area contributed by atoms with Crippen molar-refractivity contribution >= 4 is 27.9 Å². The Bertz CT molecular complexity index is 1110. The van der Waals surface area contributed by atoms with Crippen molar-refractivity contribution in [3.63, 3.8) is 0 Å². The highest BCUT2D eigenvalue weighted by molar-refractivity contribution is 7.92. The van der Waals surface area contributed by atoms with Gasteiger partial charge in [0, 0.05) is 11.5 Å². The molecule has 28 heavy (non-hydrogen) atoms. The monoisotopic (exact) mass is 410 g/mol. The zero-order valence-electron chi connectivity index (χ0n) is 14.5. The molecule has 2 aromatic rings. The number of aromatic nitrogens is 2. The molecule has 0 unspecified atom stereocenters. The molecule has 10 nitrogen and oxygen atoms in total. The van der Waals surface area contributed by atoms with Gasteiger partial charge in [-0.25, -0.2) is 18.2 Å². The van der Waals surface area contributed by atoms with Gasteiger partial charge in [-0.15, -0.1) is 0 Å². The molecule has 2 aliphatic rings. The second-order valence-corrected chi connectivity index (χ2v) is 8.04. The fraction of sp³-hybridized carbons (Fsp3) is 0.312. The Kier molecular flexibility index (Phi) is 4.03. The minimum atomic E-state index is -4.32. The number of methoxy groups -OCH3 is 1. The molecule has 2 heterocycles. The van der Waals surface area contributed by atoms with Crippen LogP contribution in [0.1, 0.15) is 24.5 Å². The molecule has 1 amide bonds. The first-order chi connectivity index (χ1) is 13.2. The zero-order valence-corrected chi connectivity index (χ0v) is 15.4. The molecule has 1 aliphatic heterocycles. The van der Waals surface area contributed by atoms with E-state index in [1.165, 1.54) is 19.2 Å². The lowest BCUT2D eigenvalue weighted by molar-refractivity contribution is -0.117. The van der Waals surface area contributed by atoms with Gasteiger partial charge in [-0.2, -0.15) is 18.2 Å². The van der Waals surface area contributed by atoms with Gasteiger partial charge >= 0.3 is 16.3 Å². The van der Waals surface area contributed by atoms with Crippen molar-refractivity contribution < 1.29 is 32.2 Å². The summed E-state index contributed by atoms with van der Waals surface area (Å²) in [6.07, 6.45) is 0.973. The predicted octanol–water partition coefficient (Wildman–Crippen LogP) is 1.07. The summed E-state index contributed by atoms with van der Waals surface area (Å²) in [4.78, 5) is 23.4. The molecule has 0 spiro atoms. The first-order valence-corrected chi connectivity index (χ1v) is 9.70. The van der Waals surface area contributed by atoms with Crippen LogP contribution in [0.5, 0.6) is 5.75 Å². The number of carbonyl (C=O) groups is 2. The summed E-state index contributed by atoms with van der Waals surface area (Å²) in [6, 6.07) is 3.84. The van der Waals surface area contributed by atoms with E-state index in [9.17, 15) is 23.1 Å². The van der Waals surface area contributed by atoms with Crippen molar-refractivity contribution in [1.82, 2.24) is 14.5 Å². The van der Waals surface area contributed by atoms with Crippen molar-refractivity contribution in [3.8, 4) is 17.0 Å². The molecule has 0 bridgehead atoms. The van der Waals surface area contributed by atoms with Crippen LogP contribution in [-0.2, 0) is 19.7 Å². The number of nitrogens with one attached hydrogen (secondary N) is 1. The number of ether oxygens (including phenoxy) is 1. The first kappa shape index (κ1) is 18.2. The Hall–Kier alpha value is -3.15. The fourth-order valence-electron chi connectivity index (χ4n) is 3.07. The van der Waals surface area contributed by atoms with Crippen molar-refractivity contribution in [3.05, 3.63) is 29.7 Å². The number of phenolic OH excluding ortho intramolecular Hbond substituents is 1. The molecule has 2 N–H and O–H groups in total. The number of hydrogen-bond acceptors (Lipinski definition) is 7. The number of halogens is 1. The molecule has 0 radical (unpaired) electrons. The summed E-state index contributed by atoms with van der Waals surface area (Å²) in [6.45, 7) is -0.666. The highest BCUT2D eigenvalue weighted by atomic mass is 32.2. The van der Waals surface area contributed by atoms with Gasteiger partial charge in [0.25, 0.3) is 5.91 Å². The molecule has 1 saturated carbocycles. The van der Waals surface area contributed by atoms with Crippen LogP contribution in [0.2, 0.25) is 0 Å². The van der Waals surface area contributed by atoms with Crippen LogP contribution < -0.4 is 9.03 Å². The van der Waals surface area contributed by atoms with Gasteiger partial charge in [0.15, 0.2) is 5.82 Å². The number of anilines is 1. The van der Waals surface area contributed by atoms with Gasteiger partial charge < -0.3 is 9.84 Å². The molecule has 12 heteroatoms. The van der Waals surface area contributed by atoms with E-state index < -0.39 is 46.0 Å². The summed E-state index contributed by atoms with van der Waals surface area (Å²) >= 11 is 0. The Morgan fingerprint density at radius 2 is 2.11 bits per heavy atom. The maximum Gasteiger partial charge on any atom is 0.434 e. The number of amides is 1. The molecule has 2 fully saturated rings. The Morgan fingerprint density at radius 3 is 2.68 bits per heavy atom. The van der Waals surface area contributed by atoms with E-state index in [2.05, 4.69) is 5.10 Å². The van der Waals surface area contributed by atoms with Gasteiger partial charge in [-0.1, -0.05) is 0 Å². The van der Waals surface area contributed by atoms with Crippen molar-refractivity contribution in [2.75, 3.05) is 18.0 Å². The van der Waals surface area contributed by atoms with E-state index in [1.54, 1.807) is 4.72 Å². The average molecular weight is 410 g/mol. The topological polar surface area (TPSA) is 131 Å². The summed E-state index contributed by atoms with van der Waals surface area (Å²) < 4.78 is 47.2. The SMILES string of the molecule is COC(=O)n1nc(-c2ccc(O)c(N3CC(=O)NS3(=O)=O)c2F)cc1C1CC1. The van der Waals surface area contributed by atoms with Crippen LogP contribution in [0.25, 0.3) is 11.3 Å². The van der Waals surface area contributed by atoms with Crippen molar-refractivity contribution in [2.24, 2.45) is 0 Å². The molecule has 1 aromatic carbocycles. The summed E-state index contributed by atoms with van der Waals surface area (Å²) in [7, 11) is -3.13. The van der Waals surface area contributed by atoms with Gasteiger partial charge in [-0.3, -0.25) is 4.79 Å². The molecule has 1 aromatic heterocycles. The molecule has 1 saturated heterocycles. The van der Waals surface area contributed by atoms with Crippen LogP contribution in [0.15, 0.2) is 18.2 Å². The number of nitrogens with zero attached hydrogens (tertiary/aromatic N) is 3. The molecular formula is C16H15FN4O6S. The zero-order chi connectivity index (χ0) is 20.2. The number of carbonyl (C=O) groups excluding carboxylic acids is 2. The molecule has 1 aliphatic carbocycles. The van der Waals surface area contributed by atoms with E-state index in [-0.39, 0.29) is 17.2 Å². The number of benzene rings is 1. The molecule has 4 rings (SSSR count). The van der Waals surface area contributed by atoms with E-state index in [4.69, 9.17) is 4.74 Å². The van der Waals surface area contributed by atoms with E-state index in [0.717, 1.165) is 23.6 Å².